The van der Waals surface area contributed by atoms with Crippen molar-refractivity contribution in [2.75, 3.05) is 51.4 Å². The number of nitrogens with one attached hydrogen (secondary N) is 1. The van der Waals surface area contributed by atoms with Crippen LogP contribution in [0.5, 0.6) is 5.75 Å². The van der Waals surface area contributed by atoms with Gasteiger partial charge in [0.1, 0.15) is 18.0 Å². The van der Waals surface area contributed by atoms with E-state index in [-0.39, 0.29) is 5.91 Å². The molecule has 1 aliphatic heterocycles. The average molecular weight is 393 g/mol. The number of morpholine rings is 1. The zero-order chi connectivity index (χ0) is 20.2. The third-order valence-electron chi connectivity index (χ3n) is 5.00. The molecule has 6 nitrogen and oxygen atoms in total. The first kappa shape index (κ1) is 22.7. The van der Waals surface area contributed by atoms with Crippen LogP contribution in [0.2, 0.25) is 0 Å². The molecule has 1 atom stereocenters. The van der Waals surface area contributed by atoms with E-state index in [0.29, 0.717) is 13.2 Å². The summed E-state index contributed by atoms with van der Waals surface area (Å²) in [4.78, 5) is 15.1. The summed E-state index contributed by atoms with van der Waals surface area (Å²) < 4.78 is 17.1. The highest BCUT2D eigenvalue weighted by atomic mass is 16.5. The Morgan fingerprint density at radius 1 is 1.14 bits per heavy atom. The van der Waals surface area contributed by atoms with E-state index in [9.17, 15) is 4.79 Å². The van der Waals surface area contributed by atoms with Gasteiger partial charge >= 0.3 is 0 Å². The zero-order valence-electron chi connectivity index (χ0n) is 17.7. The van der Waals surface area contributed by atoms with Crippen LogP contribution in [0.4, 0.5) is 5.69 Å². The molecule has 1 saturated heterocycles. The highest BCUT2D eigenvalue weighted by Gasteiger charge is 2.33. The summed E-state index contributed by atoms with van der Waals surface area (Å²) in [7, 11) is 0. The molecule has 2 rings (SSSR count). The fourth-order valence-corrected chi connectivity index (χ4v) is 3.11. The summed E-state index contributed by atoms with van der Waals surface area (Å²) >= 11 is 0. The molecule has 1 amide bonds. The largest absolute Gasteiger partial charge is 0.492 e. The van der Waals surface area contributed by atoms with Gasteiger partial charge in [0.25, 0.3) is 5.91 Å². The molecule has 1 aromatic carbocycles. The first-order valence-corrected chi connectivity index (χ1v) is 10.6. The first-order valence-electron chi connectivity index (χ1n) is 10.6. The highest BCUT2D eigenvalue weighted by molar-refractivity contribution is 5.97. The number of nitrogens with zero attached hydrogens (tertiary/aromatic N) is 1. The molecule has 0 bridgehead atoms. The predicted octanol–water partition coefficient (Wildman–Crippen LogP) is 3.71. The standard InChI is InChI=1S/C22H36N2O4/c1-4-6-11-22(3,28-15-5-2)21(25)23-19-7-9-20(10-8-19)27-18-14-24-12-16-26-17-13-24/h7-10H,4-6,11-18H2,1-3H3,(H,23,25)/t22-/m1/s1. The lowest BCUT2D eigenvalue weighted by molar-refractivity contribution is -0.140. The van der Waals surface area contributed by atoms with Crippen molar-refractivity contribution < 1.29 is 19.0 Å². The quantitative estimate of drug-likeness (QED) is 0.588. The van der Waals surface area contributed by atoms with Gasteiger partial charge in [-0.2, -0.15) is 0 Å². The molecular weight excluding hydrogens is 356 g/mol. The monoisotopic (exact) mass is 392 g/mol. The molecule has 28 heavy (non-hydrogen) atoms. The molecule has 158 valence electrons. The maximum absolute atomic E-state index is 12.8. The maximum atomic E-state index is 12.8. The number of amides is 1. The SMILES string of the molecule is CCCC[C@@](C)(OCCC)C(=O)Nc1ccc(OCCN2CCOCC2)cc1. The fraction of sp³-hybridized carbons (Fsp3) is 0.682. The van der Waals surface area contributed by atoms with Crippen LogP contribution in [-0.2, 0) is 14.3 Å². The first-order chi connectivity index (χ1) is 13.6. The number of benzene rings is 1. The number of hydrogen-bond acceptors (Lipinski definition) is 5. The normalized spacial score (nSPS) is 17.1. The molecule has 0 unspecified atom stereocenters. The molecule has 0 saturated carbocycles. The van der Waals surface area contributed by atoms with Crippen LogP contribution in [0.3, 0.4) is 0 Å². The van der Waals surface area contributed by atoms with E-state index in [4.69, 9.17) is 14.2 Å². The molecule has 1 N–H and O–H groups in total. The molecule has 0 aliphatic carbocycles. The summed E-state index contributed by atoms with van der Waals surface area (Å²) in [5, 5.41) is 2.99. The van der Waals surface area contributed by atoms with Crippen molar-refractivity contribution in [3.05, 3.63) is 24.3 Å². The number of anilines is 1. The van der Waals surface area contributed by atoms with E-state index in [1.807, 2.05) is 31.2 Å². The molecule has 0 radical (unpaired) electrons. The Kier molecular flexibility index (Phi) is 9.75. The number of ether oxygens (including phenoxy) is 3. The predicted molar refractivity (Wildman–Crippen MR) is 112 cm³/mol. The smallest absolute Gasteiger partial charge is 0.256 e. The van der Waals surface area contributed by atoms with Crippen LogP contribution in [0.25, 0.3) is 0 Å². The van der Waals surface area contributed by atoms with E-state index in [0.717, 1.165) is 70.0 Å². The highest BCUT2D eigenvalue weighted by Crippen LogP contribution is 2.23. The number of carbonyl (C=O) groups is 1. The second-order valence-corrected chi connectivity index (χ2v) is 7.46. The maximum Gasteiger partial charge on any atom is 0.256 e. The van der Waals surface area contributed by atoms with Gasteiger partial charge in [0, 0.05) is 31.9 Å². The number of unbranched alkanes of at least 4 members (excludes halogenated alkanes) is 1. The lowest BCUT2D eigenvalue weighted by atomic mass is 9.97. The molecule has 1 heterocycles. The van der Waals surface area contributed by atoms with Crippen LogP contribution in [0.1, 0.15) is 46.5 Å². The van der Waals surface area contributed by atoms with Gasteiger partial charge in [0.15, 0.2) is 0 Å². The number of carbonyl (C=O) groups excluding carboxylic acids is 1. The summed E-state index contributed by atoms with van der Waals surface area (Å²) in [6.45, 7) is 11.7. The molecule has 1 aromatic rings. The van der Waals surface area contributed by atoms with E-state index in [1.54, 1.807) is 0 Å². The van der Waals surface area contributed by atoms with Crippen molar-refractivity contribution in [2.24, 2.45) is 0 Å². The van der Waals surface area contributed by atoms with Gasteiger partial charge in [-0.25, -0.2) is 0 Å². The summed E-state index contributed by atoms with van der Waals surface area (Å²) in [6, 6.07) is 7.54. The van der Waals surface area contributed by atoms with Gasteiger partial charge in [-0.3, -0.25) is 9.69 Å². The Balaban J connectivity index is 1.82. The van der Waals surface area contributed by atoms with Crippen LogP contribution < -0.4 is 10.1 Å². The van der Waals surface area contributed by atoms with Crippen molar-refractivity contribution >= 4 is 11.6 Å². The molecular formula is C22H36N2O4. The fourth-order valence-electron chi connectivity index (χ4n) is 3.11. The van der Waals surface area contributed by atoms with Crippen molar-refractivity contribution in [3.63, 3.8) is 0 Å². The van der Waals surface area contributed by atoms with E-state index >= 15 is 0 Å². The Morgan fingerprint density at radius 3 is 2.50 bits per heavy atom. The van der Waals surface area contributed by atoms with Crippen molar-refractivity contribution in [3.8, 4) is 5.75 Å². The minimum Gasteiger partial charge on any atom is -0.492 e. The molecule has 6 heteroatoms. The van der Waals surface area contributed by atoms with Gasteiger partial charge in [0.2, 0.25) is 0 Å². The second-order valence-electron chi connectivity index (χ2n) is 7.46. The second kappa shape index (κ2) is 12.0. The van der Waals surface area contributed by atoms with Crippen molar-refractivity contribution in [2.45, 2.75) is 52.1 Å². The van der Waals surface area contributed by atoms with Crippen LogP contribution in [0.15, 0.2) is 24.3 Å². The van der Waals surface area contributed by atoms with Crippen molar-refractivity contribution in [1.82, 2.24) is 4.90 Å². The van der Waals surface area contributed by atoms with Crippen molar-refractivity contribution in [1.29, 1.82) is 0 Å². The van der Waals surface area contributed by atoms with Crippen LogP contribution in [-0.4, -0.2) is 62.5 Å². The number of rotatable bonds is 12. The Morgan fingerprint density at radius 2 is 1.86 bits per heavy atom. The Bertz CT molecular complexity index is 562. The van der Waals surface area contributed by atoms with E-state index in [1.165, 1.54) is 0 Å². The van der Waals surface area contributed by atoms with Gasteiger partial charge in [-0.15, -0.1) is 0 Å². The minimum absolute atomic E-state index is 0.0876. The third kappa shape index (κ3) is 7.41. The third-order valence-corrected chi connectivity index (χ3v) is 5.00. The Hall–Kier alpha value is -1.63. The van der Waals surface area contributed by atoms with Gasteiger partial charge in [-0.05, 0) is 44.0 Å². The van der Waals surface area contributed by atoms with E-state index in [2.05, 4.69) is 24.1 Å². The van der Waals surface area contributed by atoms with Crippen LogP contribution in [0, 0.1) is 0 Å². The minimum atomic E-state index is -0.792. The topological polar surface area (TPSA) is 60.0 Å². The summed E-state index contributed by atoms with van der Waals surface area (Å²) in [5.41, 5.74) is -0.0346. The molecule has 0 spiro atoms. The lowest BCUT2D eigenvalue weighted by Crippen LogP contribution is -2.43. The summed E-state index contributed by atoms with van der Waals surface area (Å²) in [5.74, 6) is 0.720. The van der Waals surface area contributed by atoms with E-state index < -0.39 is 5.60 Å². The van der Waals surface area contributed by atoms with Gasteiger partial charge in [0.05, 0.1) is 13.2 Å². The average Bonchev–Trinajstić information content (AvgIpc) is 2.72. The lowest BCUT2D eigenvalue weighted by Gasteiger charge is -2.28. The Labute approximate surface area is 169 Å². The van der Waals surface area contributed by atoms with Crippen LogP contribution >= 0.6 is 0 Å². The number of hydrogen-bond donors (Lipinski definition) is 1. The van der Waals surface area contributed by atoms with Gasteiger partial charge in [-0.1, -0.05) is 26.7 Å². The molecule has 1 fully saturated rings. The molecule has 1 aliphatic rings. The summed E-state index contributed by atoms with van der Waals surface area (Å²) in [6.07, 6.45) is 3.61. The van der Waals surface area contributed by atoms with Gasteiger partial charge < -0.3 is 19.5 Å². The molecule has 0 aromatic heterocycles. The zero-order valence-corrected chi connectivity index (χ0v) is 17.7.